The van der Waals surface area contributed by atoms with Crippen LogP contribution in [0.4, 0.5) is 5.69 Å². The van der Waals surface area contributed by atoms with E-state index < -0.39 is 0 Å². The van der Waals surface area contributed by atoms with Crippen LogP contribution in [0.2, 0.25) is 0 Å². The van der Waals surface area contributed by atoms with Crippen LogP contribution in [-0.4, -0.2) is 30.5 Å². The van der Waals surface area contributed by atoms with Crippen molar-refractivity contribution in [3.8, 4) is 0 Å². The third kappa shape index (κ3) is 8.83. The van der Waals surface area contributed by atoms with Crippen LogP contribution >= 0.6 is 0 Å². The van der Waals surface area contributed by atoms with E-state index in [-0.39, 0.29) is 17.4 Å². The van der Waals surface area contributed by atoms with E-state index in [0.29, 0.717) is 0 Å². The van der Waals surface area contributed by atoms with Crippen molar-refractivity contribution in [1.29, 1.82) is 0 Å². The van der Waals surface area contributed by atoms with Gasteiger partial charge in [0.2, 0.25) is 0 Å². The minimum Gasteiger partial charge on any atom is -0.424 e. The Labute approximate surface area is 113 Å². The van der Waals surface area contributed by atoms with Gasteiger partial charge in [-0.1, -0.05) is 5.69 Å². The van der Waals surface area contributed by atoms with Crippen molar-refractivity contribution in [1.82, 2.24) is 0 Å². The molecule has 0 radical (unpaired) electrons. The monoisotopic (exact) mass is 233 g/mol. The predicted octanol–water partition coefficient (Wildman–Crippen LogP) is 3.63. The molecule has 16 heavy (non-hydrogen) atoms. The number of nitrogens with zero attached hydrogens (tertiary/aromatic N) is 1. The second-order valence-electron chi connectivity index (χ2n) is 2.43. The van der Waals surface area contributed by atoms with Gasteiger partial charge in [-0.2, -0.15) is 38.1 Å². The Morgan fingerprint density at radius 2 is 1.62 bits per heavy atom. The van der Waals surface area contributed by atoms with Crippen molar-refractivity contribution >= 4 is 23.0 Å². The van der Waals surface area contributed by atoms with E-state index in [0.717, 1.165) is 13.1 Å². The Kier molecular flexibility index (Phi) is 22.2. The van der Waals surface area contributed by atoms with E-state index in [4.69, 9.17) is 0 Å². The zero-order chi connectivity index (χ0) is 12.1. The van der Waals surface area contributed by atoms with Gasteiger partial charge in [0.15, 0.2) is 0 Å². The maximum Gasteiger partial charge on any atom is 3.00 e. The van der Waals surface area contributed by atoms with Crippen LogP contribution in [0.5, 0.6) is 0 Å². The Balaban J connectivity index is -0.000000305. The molecule has 0 aliphatic heterocycles. The molecule has 1 rings (SSSR count). The van der Waals surface area contributed by atoms with Crippen LogP contribution in [0.3, 0.4) is 0 Å². The first-order chi connectivity index (χ1) is 7.38. The van der Waals surface area contributed by atoms with Gasteiger partial charge in [0.05, 0.1) is 0 Å². The van der Waals surface area contributed by atoms with Gasteiger partial charge in [-0.15, -0.1) is 6.07 Å². The van der Waals surface area contributed by atoms with Gasteiger partial charge in [-0.25, -0.2) is 0 Å². The van der Waals surface area contributed by atoms with Crippen molar-refractivity contribution < 1.29 is 0 Å². The second kappa shape index (κ2) is 17.0. The Morgan fingerprint density at radius 1 is 1.12 bits per heavy atom. The van der Waals surface area contributed by atoms with Crippen molar-refractivity contribution in [2.24, 2.45) is 0 Å². The summed E-state index contributed by atoms with van der Waals surface area (Å²) >= 11 is 0. The first kappa shape index (κ1) is 20.9. The molecule has 0 saturated carbocycles. The summed E-state index contributed by atoms with van der Waals surface area (Å²) in [6.07, 6.45) is 0. The van der Waals surface area contributed by atoms with Crippen LogP contribution < -0.4 is 4.90 Å². The molecule has 0 aliphatic rings. The maximum atomic E-state index is 3.25. The van der Waals surface area contributed by atoms with E-state index in [2.05, 4.69) is 44.7 Å². The van der Waals surface area contributed by atoms with Gasteiger partial charge < -0.3 is 18.7 Å². The molecule has 0 N–H and O–H groups in total. The van der Waals surface area contributed by atoms with Crippen molar-refractivity contribution in [2.45, 2.75) is 27.7 Å². The van der Waals surface area contributed by atoms with Crippen molar-refractivity contribution in [3.05, 3.63) is 44.2 Å². The normalized spacial score (nSPS) is 7.38. The maximum absolute atomic E-state index is 3.25. The number of hydrogen-bond donors (Lipinski definition) is 0. The van der Waals surface area contributed by atoms with Gasteiger partial charge in [-0.05, 0) is 13.8 Å². The van der Waals surface area contributed by atoms with Crippen LogP contribution in [0, 0.1) is 19.9 Å². The predicted molar refractivity (Wildman–Crippen MR) is 76.7 cm³/mol. The number of benzene rings is 1. The topological polar surface area (TPSA) is 3.24 Å². The van der Waals surface area contributed by atoms with Crippen LogP contribution in [-0.2, 0) is 0 Å². The molecular weight excluding hydrogens is 209 g/mol. The summed E-state index contributed by atoms with van der Waals surface area (Å²) < 4.78 is 0. The number of anilines is 1. The zero-order valence-corrected chi connectivity index (χ0v) is 12.3. The molecule has 0 aliphatic carbocycles. The molecule has 88 valence electrons. The molecule has 0 spiro atoms. The Bertz CT molecular complexity index is 195. The first-order valence-corrected chi connectivity index (χ1v) is 5.51. The van der Waals surface area contributed by atoms with Gasteiger partial charge in [0, 0.05) is 13.1 Å². The van der Waals surface area contributed by atoms with Crippen LogP contribution in [0.25, 0.3) is 0 Å². The molecule has 0 saturated heterocycles. The van der Waals surface area contributed by atoms with Gasteiger partial charge in [0.1, 0.15) is 0 Å². The summed E-state index contributed by atoms with van der Waals surface area (Å²) in [7, 11) is 0. The molecule has 0 atom stereocenters. The fourth-order valence-electron chi connectivity index (χ4n) is 1.17. The largest absolute Gasteiger partial charge is 3.00 e. The molecular formula is C14H24AlN. The minimum atomic E-state index is 0. The summed E-state index contributed by atoms with van der Waals surface area (Å²) in [6, 6.07) is 11.1. The van der Waals surface area contributed by atoms with E-state index in [9.17, 15) is 0 Å². The third-order valence-corrected chi connectivity index (χ3v) is 1.82. The summed E-state index contributed by atoms with van der Waals surface area (Å²) in [5.74, 6) is 0. The standard InChI is InChI=1S/C10H14N.2C2H5.Al/c1-3-11(4-2)10-8-6-5-7-9-10;2*1-2;/h5-6,8-9H,3-4H2,1-2H3;2*1H2,2H3;/q3*-1;+3. The molecule has 0 fully saturated rings. The SMILES string of the molecule is CCN(CC)c1c[c-]ccc1.[Al+3].[CH2-]C.[CH2-]C. The van der Waals surface area contributed by atoms with E-state index in [1.54, 1.807) is 13.8 Å². The Morgan fingerprint density at radius 3 is 1.94 bits per heavy atom. The Hall–Kier alpha value is -0.448. The quantitative estimate of drug-likeness (QED) is 0.569. The van der Waals surface area contributed by atoms with E-state index in [1.165, 1.54) is 5.69 Å². The second-order valence-corrected chi connectivity index (χ2v) is 2.43. The summed E-state index contributed by atoms with van der Waals surface area (Å²) in [4.78, 5) is 2.30. The van der Waals surface area contributed by atoms with Crippen molar-refractivity contribution in [2.75, 3.05) is 18.0 Å². The molecule has 0 bridgehead atoms. The molecule has 2 heteroatoms. The first-order valence-electron chi connectivity index (χ1n) is 5.51. The molecule has 0 unspecified atom stereocenters. The molecule has 1 aromatic rings. The third-order valence-electron chi connectivity index (χ3n) is 1.82. The number of hydrogen-bond acceptors (Lipinski definition) is 1. The number of rotatable bonds is 3. The van der Waals surface area contributed by atoms with Crippen molar-refractivity contribution in [3.63, 3.8) is 0 Å². The van der Waals surface area contributed by atoms with Gasteiger partial charge in [0.25, 0.3) is 0 Å². The minimum absolute atomic E-state index is 0. The van der Waals surface area contributed by atoms with E-state index in [1.807, 2.05) is 18.2 Å². The van der Waals surface area contributed by atoms with E-state index >= 15 is 0 Å². The molecule has 0 heterocycles. The van der Waals surface area contributed by atoms with Crippen LogP contribution in [0.15, 0.2) is 24.3 Å². The molecule has 0 amide bonds. The van der Waals surface area contributed by atoms with Gasteiger partial charge >= 0.3 is 17.4 Å². The zero-order valence-electron chi connectivity index (χ0n) is 11.2. The summed E-state index contributed by atoms with van der Waals surface area (Å²) in [5, 5.41) is 0. The fraction of sp³-hybridized carbons (Fsp3) is 0.429. The van der Waals surface area contributed by atoms with Gasteiger partial charge in [-0.3, -0.25) is 0 Å². The summed E-state index contributed by atoms with van der Waals surface area (Å²) in [6.45, 7) is 16.5. The molecule has 1 nitrogen and oxygen atoms in total. The molecule has 1 aromatic carbocycles. The average molecular weight is 233 g/mol. The fourth-order valence-corrected chi connectivity index (χ4v) is 1.17. The average Bonchev–Trinajstić information content (AvgIpc) is 2.37. The summed E-state index contributed by atoms with van der Waals surface area (Å²) in [5.41, 5.74) is 1.26. The smallest absolute Gasteiger partial charge is 0.424 e. The molecule has 0 aromatic heterocycles. The van der Waals surface area contributed by atoms with Crippen LogP contribution in [0.1, 0.15) is 27.7 Å².